The molecule has 2 heterocycles. The fraction of sp³-hybridized carbons (Fsp3) is 0.467. The fourth-order valence-corrected chi connectivity index (χ4v) is 5.32. The molecular weight excluding hydrogens is 484 g/mol. The van der Waals surface area contributed by atoms with Gasteiger partial charge >= 0.3 is 0 Å². The summed E-state index contributed by atoms with van der Waals surface area (Å²) in [5.74, 6) is 0.946. The summed E-state index contributed by atoms with van der Waals surface area (Å²) in [5.41, 5.74) is 3.06. The van der Waals surface area contributed by atoms with E-state index < -0.39 is 0 Å². The highest BCUT2D eigenvalue weighted by Gasteiger charge is 2.39. The van der Waals surface area contributed by atoms with Crippen LogP contribution in [-0.4, -0.2) is 52.2 Å². The number of nitrogens with zero attached hydrogens (tertiary/aromatic N) is 4. The Balaban J connectivity index is 1.48. The van der Waals surface area contributed by atoms with Gasteiger partial charge in [-0.3, -0.25) is 14.4 Å². The van der Waals surface area contributed by atoms with Gasteiger partial charge in [0.2, 0.25) is 5.91 Å². The van der Waals surface area contributed by atoms with Crippen LogP contribution in [0.1, 0.15) is 49.3 Å². The predicted molar refractivity (Wildman–Crippen MR) is 149 cm³/mol. The number of hydrogen-bond acceptors (Lipinski definition) is 4. The number of carbonyl (C=O) groups is 1. The van der Waals surface area contributed by atoms with Gasteiger partial charge in [-0.2, -0.15) is 5.10 Å². The Hall–Kier alpha value is -2.83. The molecule has 1 fully saturated rings. The summed E-state index contributed by atoms with van der Waals surface area (Å²) >= 11 is 6.23. The third-order valence-corrected chi connectivity index (χ3v) is 7.60. The van der Waals surface area contributed by atoms with E-state index in [1.54, 1.807) is 0 Å². The van der Waals surface area contributed by atoms with Crippen LogP contribution in [0.2, 0.25) is 5.02 Å². The molecule has 198 valence electrons. The number of aromatic nitrogens is 2. The van der Waals surface area contributed by atoms with Crippen LogP contribution in [0.15, 0.2) is 60.9 Å². The summed E-state index contributed by atoms with van der Waals surface area (Å²) in [7, 11) is 1.90. The Morgan fingerprint density at radius 3 is 2.76 bits per heavy atom. The van der Waals surface area contributed by atoms with E-state index in [0.29, 0.717) is 19.6 Å². The zero-order valence-electron chi connectivity index (χ0n) is 22.3. The minimum atomic E-state index is -0.271. The van der Waals surface area contributed by atoms with Gasteiger partial charge in [0, 0.05) is 61.8 Å². The van der Waals surface area contributed by atoms with Gasteiger partial charge in [-0.05, 0) is 62.1 Å². The maximum Gasteiger partial charge on any atom is 0.223 e. The van der Waals surface area contributed by atoms with E-state index in [2.05, 4.69) is 35.3 Å². The lowest BCUT2D eigenvalue weighted by Gasteiger charge is -2.43. The smallest absolute Gasteiger partial charge is 0.223 e. The van der Waals surface area contributed by atoms with E-state index in [9.17, 15) is 4.79 Å². The predicted octanol–water partition coefficient (Wildman–Crippen LogP) is 5.96. The molecule has 1 aliphatic heterocycles. The van der Waals surface area contributed by atoms with Crippen LogP contribution < -0.4 is 4.74 Å². The molecule has 1 aliphatic rings. The minimum absolute atomic E-state index is 0.150. The zero-order chi connectivity index (χ0) is 26.3. The summed E-state index contributed by atoms with van der Waals surface area (Å²) in [6, 6.07) is 15.9. The van der Waals surface area contributed by atoms with Crippen molar-refractivity contribution >= 4 is 17.5 Å². The van der Waals surface area contributed by atoms with Gasteiger partial charge in [-0.25, -0.2) is 0 Å². The highest BCUT2D eigenvalue weighted by atomic mass is 35.5. The second-order valence-electron chi connectivity index (χ2n) is 10.5. The molecule has 1 aromatic heterocycles. The van der Waals surface area contributed by atoms with E-state index >= 15 is 0 Å². The van der Waals surface area contributed by atoms with E-state index in [-0.39, 0.29) is 11.3 Å². The number of piperidine rings is 1. The maximum absolute atomic E-state index is 13.5. The average Bonchev–Trinajstić information content (AvgIpc) is 3.32. The molecule has 0 radical (unpaired) electrons. The largest absolute Gasteiger partial charge is 0.493 e. The number of likely N-dealkylation sites (tertiary alicyclic amines) is 1. The molecule has 0 spiro atoms. The summed E-state index contributed by atoms with van der Waals surface area (Å²) in [4.78, 5) is 17.8. The van der Waals surface area contributed by atoms with Crippen LogP contribution in [0.4, 0.5) is 0 Å². The molecule has 0 unspecified atom stereocenters. The van der Waals surface area contributed by atoms with Gasteiger partial charge in [0.05, 0.1) is 12.8 Å². The number of benzene rings is 2. The number of rotatable bonds is 11. The van der Waals surface area contributed by atoms with Gasteiger partial charge in [-0.15, -0.1) is 0 Å². The van der Waals surface area contributed by atoms with Crippen LogP contribution in [0.3, 0.4) is 0 Å². The lowest BCUT2D eigenvalue weighted by molar-refractivity contribution is -0.135. The standard InChI is InChI=1S/C30H39ClN4O2/c1-4-14-35-21-26(18-32-35)20-34-15-8-13-30(22-34,23-37-27-11-12-28(31)24(2)16-27)17-29(36)33(3)19-25-9-6-5-7-10-25/h5-7,9-12,16,18,21H,4,8,13-15,17,19-20,22-23H2,1-3H3/t30-/m0/s1. The molecule has 1 amide bonds. The number of aryl methyl sites for hydroxylation is 2. The maximum atomic E-state index is 13.5. The van der Waals surface area contributed by atoms with Gasteiger partial charge in [0.15, 0.2) is 0 Å². The van der Waals surface area contributed by atoms with Crippen LogP contribution in [0.5, 0.6) is 5.75 Å². The number of halogens is 1. The molecule has 6 nitrogen and oxygen atoms in total. The fourth-order valence-electron chi connectivity index (χ4n) is 5.20. The van der Waals surface area contributed by atoms with Crippen molar-refractivity contribution in [1.82, 2.24) is 19.6 Å². The molecule has 37 heavy (non-hydrogen) atoms. The van der Waals surface area contributed by atoms with E-state index in [4.69, 9.17) is 16.3 Å². The lowest BCUT2D eigenvalue weighted by Crippen LogP contribution is -2.48. The number of ether oxygens (including phenoxy) is 1. The quantitative estimate of drug-likeness (QED) is 0.311. The zero-order valence-corrected chi connectivity index (χ0v) is 23.1. The highest BCUT2D eigenvalue weighted by molar-refractivity contribution is 6.31. The third-order valence-electron chi connectivity index (χ3n) is 7.18. The lowest BCUT2D eigenvalue weighted by atomic mass is 9.77. The molecule has 3 aromatic rings. The minimum Gasteiger partial charge on any atom is -0.493 e. The van der Waals surface area contributed by atoms with E-state index in [0.717, 1.165) is 67.3 Å². The third kappa shape index (κ3) is 7.59. The molecule has 2 aromatic carbocycles. The van der Waals surface area contributed by atoms with Crippen molar-refractivity contribution in [2.24, 2.45) is 5.41 Å². The normalized spacial score (nSPS) is 18.1. The Kier molecular flexibility index (Phi) is 9.28. The molecule has 0 bridgehead atoms. The SMILES string of the molecule is CCCn1cc(CN2CCC[C@](COc3ccc(Cl)c(C)c3)(CC(=O)N(C)Cc3ccccc3)C2)cn1. The topological polar surface area (TPSA) is 50.6 Å². The number of hydrogen-bond donors (Lipinski definition) is 0. The van der Waals surface area contributed by atoms with Crippen molar-refractivity contribution in [2.75, 3.05) is 26.7 Å². The van der Waals surface area contributed by atoms with Gasteiger partial charge in [0.1, 0.15) is 5.75 Å². The molecular formula is C30H39ClN4O2. The summed E-state index contributed by atoms with van der Waals surface area (Å²) < 4.78 is 8.36. The summed E-state index contributed by atoms with van der Waals surface area (Å²) in [6.07, 6.45) is 7.61. The second-order valence-corrected chi connectivity index (χ2v) is 10.9. The van der Waals surface area contributed by atoms with Crippen molar-refractivity contribution in [1.29, 1.82) is 0 Å². The van der Waals surface area contributed by atoms with Crippen LogP contribution >= 0.6 is 11.6 Å². The first-order chi connectivity index (χ1) is 17.9. The number of carbonyl (C=O) groups excluding carboxylic acids is 1. The average molecular weight is 523 g/mol. The van der Waals surface area contributed by atoms with Crippen molar-refractivity contribution in [2.45, 2.75) is 59.2 Å². The Morgan fingerprint density at radius 2 is 2.00 bits per heavy atom. The van der Waals surface area contributed by atoms with E-state index in [1.807, 2.05) is 66.1 Å². The van der Waals surface area contributed by atoms with Crippen LogP contribution in [0, 0.1) is 12.3 Å². The van der Waals surface area contributed by atoms with Crippen LogP contribution in [-0.2, 0) is 24.4 Å². The first-order valence-electron chi connectivity index (χ1n) is 13.3. The number of amides is 1. The van der Waals surface area contributed by atoms with Gasteiger partial charge in [0.25, 0.3) is 0 Å². The highest BCUT2D eigenvalue weighted by Crippen LogP contribution is 2.36. The molecule has 7 heteroatoms. The monoisotopic (exact) mass is 522 g/mol. The first-order valence-corrected chi connectivity index (χ1v) is 13.6. The molecule has 1 atom stereocenters. The summed E-state index contributed by atoms with van der Waals surface area (Å²) in [6.45, 7) is 8.82. The summed E-state index contributed by atoms with van der Waals surface area (Å²) in [5, 5.41) is 5.23. The Bertz CT molecular complexity index is 1170. The first kappa shape index (κ1) is 27.2. The van der Waals surface area contributed by atoms with Crippen molar-refractivity contribution in [3.8, 4) is 5.75 Å². The van der Waals surface area contributed by atoms with Crippen molar-refractivity contribution in [3.05, 3.63) is 82.6 Å². The molecule has 0 N–H and O–H groups in total. The van der Waals surface area contributed by atoms with Gasteiger partial charge in [-0.1, -0.05) is 48.9 Å². The molecule has 1 saturated heterocycles. The van der Waals surface area contributed by atoms with Crippen molar-refractivity contribution < 1.29 is 9.53 Å². The van der Waals surface area contributed by atoms with Crippen LogP contribution in [0.25, 0.3) is 0 Å². The van der Waals surface area contributed by atoms with Gasteiger partial charge < -0.3 is 9.64 Å². The Labute approximate surface area is 226 Å². The molecule has 0 aliphatic carbocycles. The van der Waals surface area contributed by atoms with E-state index in [1.165, 1.54) is 5.56 Å². The molecule has 4 rings (SSSR count). The Morgan fingerprint density at radius 1 is 1.19 bits per heavy atom. The second kappa shape index (κ2) is 12.6. The van der Waals surface area contributed by atoms with Crippen molar-refractivity contribution in [3.63, 3.8) is 0 Å². The molecule has 0 saturated carbocycles.